The van der Waals surface area contributed by atoms with E-state index in [0.29, 0.717) is 0 Å². The Bertz CT molecular complexity index is 292. The van der Waals surface area contributed by atoms with E-state index in [-0.39, 0.29) is 0 Å². The minimum Gasteiger partial charge on any atom is -0.369 e. The molecule has 1 saturated heterocycles. The Morgan fingerprint density at radius 1 is 1.38 bits per heavy atom. The Balaban J connectivity index is 2.09. The van der Waals surface area contributed by atoms with E-state index in [1.54, 1.807) is 0 Å². The fourth-order valence-electron chi connectivity index (χ4n) is 1.39. The van der Waals surface area contributed by atoms with E-state index in [0.717, 1.165) is 24.3 Å². The van der Waals surface area contributed by atoms with Crippen LogP contribution >= 0.6 is 23.1 Å². The molecular weight excluding hydrogens is 202 g/mol. The molecule has 1 fully saturated rings. The molecule has 0 bridgehead atoms. The molecule has 0 amide bonds. The number of thiophene rings is 1. The van der Waals surface area contributed by atoms with Gasteiger partial charge in [0.1, 0.15) is 0 Å². The maximum absolute atomic E-state index is 10.5. The van der Waals surface area contributed by atoms with Crippen molar-refractivity contribution in [1.29, 1.82) is 0 Å². The summed E-state index contributed by atoms with van der Waals surface area (Å²) in [7, 11) is 0. The molecule has 1 aliphatic rings. The van der Waals surface area contributed by atoms with Crippen LogP contribution in [0.4, 0.5) is 5.69 Å². The lowest BCUT2D eigenvalue weighted by atomic mass is 10.4. The van der Waals surface area contributed by atoms with Crippen LogP contribution in [0.25, 0.3) is 0 Å². The molecule has 2 nitrogen and oxygen atoms in total. The zero-order valence-electron chi connectivity index (χ0n) is 7.23. The first-order valence-corrected chi connectivity index (χ1v) is 6.30. The Morgan fingerprint density at radius 3 is 2.77 bits per heavy atom. The summed E-state index contributed by atoms with van der Waals surface area (Å²) >= 11 is 3.52. The Hall–Kier alpha value is -0.480. The fraction of sp³-hybridized carbons (Fsp3) is 0.444. The zero-order valence-corrected chi connectivity index (χ0v) is 8.87. The molecule has 0 aromatic carbocycles. The van der Waals surface area contributed by atoms with E-state index in [9.17, 15) is 4.79 Å². The Labute approximate surface area is 85.9 Å². The number of thioether (sulfide) groups is 1. The summed E-state index contributed by atoms with van der Waals surface area (Å²) in [5, 5.41) is 2.07. The van der Waals surface area contributed by atoms with Crippen molar-refractivity contribution in [3.63, 3.8) is 0 Å². The molecule has 0 unspecified atom stereocenters. The van der Waals surface area contributed by atoms with E-state index >= 15 is 0 Å². The summed E-state index contributed by atoms with van der Waals surface area (Å²) in [6.45, 7) is 2.22. The molecule has 4 heteroatoms. The van der Waals surface area contributed by atoms with Crippen molar-refractivity contribution < 1.29 is 4.79 Å². The molecule has 1 aliphatic heterocycles. The third-order valence-corrected chi connectivity index (χ3v) is 3.89. The third kappa shape index (κ3) is 2.06. The molecule has 2 rings (SSSR count). The van der Waals surface area contributed by atoms with Crippen LogP contribution in [-0.4, -0.2) is 30.9 Å². The normalized spacial score (nSPS) is 17.4. The van der Waals surface area contributed by atoms with Crippen LogP contribution in [0.3, 0.4) is 0 Å². The number of rotatable bonds is 2. The van der Waals surface area contributed by atoms with Gasteiger partial charge in [0, 0.05) is 35.7 Å². The summed E-state index contributed by atoms with van der Waals surface area (Å²) < 4.78 is 0. The number of nitrogens with zero attached hydrogens (tertiary/aromatic N) is 1. The topological polar surface area (TPSA) is 20.3 Å². The highest BCUT2D eigenvalue weighted by Gasteiger charge is 2.12. The number of aldehydes is 1. The average Bonchev–Trinajstić information content (AvgIpc) is 2.67. The first-order valence-electron chi connectivity index (χ1n) is 4.26. The smallest absolute Gasteiger partial charge is 0.160 e. The summed E-state index contributed by atoms with van der Waals surface area (Å²) in [4.78, 5) is 13.7. The molecule has 0 saturated carbocycles. The first-order chi connectivity index (χ1) is 6.40. The van der Waals surface area contributed by atoms with E-state index < -0.39 is 0 Å². The van der Waals surface area contributed by atoms with Crippen molar-refractivity contribution in [3.05, 3.63) is 16.3 Å². The van der Waals surface area contributed by atoms with Gasteiger partial charge in [0.15, 0.2) is 6.29 Å². The van der Waals surface area contributed by atoms with Crippen LogP contribution in [0.1, 0.15) is 9.67 Å². The molecular formula is C9H11NOS2. The number of carbonyl (C=O) groups excluding carboxylic acids is 1. The van der Waals surface area contributed by atoms with Gasteiger partial charge in [0.2, 0.25) is 0 Å². The molecule has 0 radical (unpaired) electrons. The van der Waals surface area contributed by atoms with Gasteiger partial charge in [-0.05, 0) is 6.07 Å². The summed E-state index contributed by atoms with van der Waals surface area (Å²) in [6.07, 6.45) is 0.923. The highest BCUT2D eigenvalue weighted by molar-refractivity contribution is 7.99. The minimum absolute atomic E-state index is 0.827. The largest absolute Gasteiger partial charge is 0.369 e. The maximum atomic E-state index is 10.5. The maximum Gasteiger partial charge on any atom is 0.160 e. The molecule has 2 heterocycles. The van der Waals surface area contributed by atoms with Crippen LogP contribution in [0.15, 0.2) is 11.4 Å². The molecule has 1 aromatic rings. The molecule has 1 aromatic heterocycles. The number of hydrogen-bond donors (Lipinski definition) is 0. The number of hydrogen-bond acceptors (Lipinski definition) is 4. The second-order valence-electron chi connectivity index (χ2n) is 2.92. The first kappa shape index (κ1) is 9.09. The van der Waals surface area contributed by atoms with Crippen molar-refractivity contribution in [1.82, 2.24) is 0 Å². The van der Waals surface area contributed by atoms with Crippen molar-refractivity contribution in [3.8, 4) is 0 Å². The summed E-state index contributed by atoms with van der Waals surface area (Å²) in [5.41, 5.74) is 1.22. The summed E-state index contributed by atoms with van der Waals surface area (Å²) in [5.74, 6) is 2.40. The molecule has 70 valence electrons. The highest BCUT2D eigenvalue weighted by atomic mass is 32.2. The monoisotopic (exact) mass is 213 g/mol. The van der Waals surface area contributed by atoms with E-state index in [1.807, 2.05) is 17.8 Å². The van der Waals surface area contributed by atoms with Crippen LogP contribution in [0.5, 0.6) is 0 Å². The Morgan fingerprint density at radius 2 is 2.15 bits per heavy atom. The molecule has 0 spiro atoms. The van der Waals surface area contributed by atoms with Crippen LogP contribution in [-0.2, 0) is 0 Å². The number of carbonyl (C=O) groups is 1. The zero-order chi connectivity index (χ0) is 9.10. The quantitative estimate of drug-likeness (QED) is 0.702. The van der Waals surface area contributed by atoms with E-state index in [2.05, 4.69) is 10.3 Å². The lowest BCUT2D eigenvalue weighted by Gasteiger charge is -2.27. The van der Waals surface area contributed by atoms with E-state index in [4.69, 9.17) is 0 Å². The van der Waals surface area contributed by atoms with Gasteiger partial charge in [-0.3, -0.25) is 4.79 Å². The highest BCUT2D eigenvalue weighted by Crippen LogP contribution is 2.24. The lowest BCUT2D eigenvalue weighted by Crippen LogP contribution is -2.31. The lowest BCUT2D eigenvalue weighted by molar-refractivity contribution is 0.112. The van der Waals surface area contributed by atoms with Crippen molar-refractivity contribution in [2.24, 2.45) is 0 Å². The van der Waals surface area contributed by atoms with Gasteiger partial charge in [-0.2, -0.15) is 11.8 Å². The van der Waals surface area contributed by atoms with E-state index in [1.165, 1.54) is 28.5 Å². The van der Waals surface area contributed by atoms with Gasteiger partial charge in [-0.25, -0.2) is 0 Å². The summed E-state index contributed by atoms with van der Waals surface area (Å²) in [6, 6.07) is 1.98. The van der Waals surface area contributed by atoms with Gasteiger partial charge >= 0.3 is 0 Å². The second-order valence-corrected chi connectivity index (χ2v) is 5.09. The third-order valence-electron chi connectivity index (χ3n) is 2.10. The molecule has 0 atom stereocenters. The van der Waals surface area contributed by atoms with Gasteiger partial charge < -0.3 is 4.90 Å². The van der Waals surface area contributed by atoms with Crippen LogP contribution < -0.4 is 4.90 Å². The van der Waals surface area contributed by atoms with Gasteiger partial charge in [0.25, 0.3) is 0 Å². The predicted molar refractivity (Wildman–Crippen MR) is 59.2 cm³/mol. The molecule has 13 heavy (non-hydrogen) atoms. The van der Waals surface area contributed by atoms with Crippen molar-refractivity contribution in [2.75, 3.05) is 29.5 Å². The fourth-order valence-corrected chi connectivity index (χ4v) is 3.01. The average molecular weight is 213 g/mol. The van der Waals surface area contributed by atoms with Crippen LogP contribution in [0, 0.1) is 0 Å². The standard InChI is InChI=1S/C9H11NOS2/c11-6-9-5-8(7-13-9)10-1-3-12-4-2-10/h5-7H,1-4H2. The minimum atomic E-state index is 0.827. The van der Waals surface area contributed by atoms with Gasteiger partial charge in [0.05, 0.1) is 4.88 Å². The van der Waals surface area contributed by atoms with Crippen LogP contribution in [0.2, 0.25) is 0 Å². The Kier molecular flexibility index (Phi) is 2.90. The SMILES string of the molecule is O=Cc1cc(N2CCSCC2)cs1. The molecule has 0 aliphatic carbocycles. The van der Waals surface area contributed by atoms with Crippen molar-refractivity contribution >= 4 is 35.1 Å². The number of anilines is 1. The van der Waals surface area contributed by atoms with Gasteiger partial charge in [-0.15, -0.1) is 11.3 Å². The van der Waals surface area contributed by atoms with Crippen molar-refractivity contribution in [2.45, 2.75) is 0 Å². The second kappa shape index (κ2) is 4.15. The molecule has 0 N–H and O–H groups in total. The van der Waals surface area contributed by atoms with Gasteiger partial charge in [-0.1, -0.05) is 0 Å². The predicted octanol–water partition coefficient (Wildman–Crippen LogP) is 2.11.